The van der Waals surface area contributed by atoms with Crippen LogP contribution < -0.4 is 5.43 Å². The van der Waals surface area contributed by atoms with Crippen LogP contribution in [0.4, 0.5) is 0 Å². The molecule has 43 heavy (non-hydrogen) atoms. The van der Waals surface area contributed by atoms with Crippen molar-refractivity contribution in [1.29, 1.82) is 0 Å². The molecule has 1 aromatic heterocycles. The van der Waals surface area contributed by atoms with E-state index in [1.807, 2.05) is 39.8 Å². The summed E-state index contributed by atoms with van der Waals surface area (Å²) in [5, 5.41) is 10.9. The number of para-hydroxylation sites is 1. The van der Waals surface area contributed by atoms with E-state index in [-0.39, 0.29) is 46.2 Å². The molecule has 1 aromatic carbocycles. The number of fused-ring (bicyclic) bond motifs is 5. The molecule has 0 aliphatic heterocycles. The fraction of sp³-hybridized carbons (Fsp3) is 0.500. The predicted molar refractivity (Wildman–Crippen MR) is 175 cm³/mol. The van der Waals surface area contributed by atoms with Gasteiger partial charge in [-0.2, -0.15) is 0 Å². The van der Waals surface area contributed by atoms with Gasteiger partial charge in [0.15, 0.2) is 22.9 Å². The first-order chi connectivity index (χ1) is 20.1. The Kier molecular flexibility index (Phi) is 8.98. The van der Waals surface area contributed by atoms with Crippen molar-refractivity contribution in [3.05, 3.63) is 86.3 Å². The van der Waals surface area contributed by atoms with Crippen LogP contribution in [-0.2, 0) is 10.2 Å². The molecule has 0 spiro atoms. The number of benzene rings is 1. The molecule has 2 aliphatic carbocycles. The first kappa shape index (κ1) is 32.4. The van der Waals surface area contributed by atoms with Crippen LogP contribution in [0.2, 0.25) is 0 Å². The molecule has 4 rings (SSSR count). The summed E-state index contributed by atoms with van der Waals surface area (Å²) in [4.78, 5) is 44.0. The number of phenolic OH excluding ortho intramolecular Hbond substituents is 1. The third kappa shape index (κ3) is 5.41. The van der Waals surface area contributed by atoms with Gasteiger partial charge in [0.25, 0.3) is 0 Å². The molecule has 2 aromatic rings. The summed E-state index contributed by atoms with van der Waals surface area (Å²) >= 11 is 0. The van der Waals surface area contributed by atoms with Crippen molar-refractivity contribution in [2.45, 2.75) is 106 Å². The van der Waals surface area contributed by atoms with Gasteiger partial charge in [-0.3, -0.25) is 14.4 Å². The molecule has 1 saturated carbocycles. The molecule has 1 heterocycles. The number of carbonyl (C=O) groups is 2. The standard InChI is InChI=1S/C38H48O5/c1-23(2)12-10-13-26(7)16-17-27-22-37(20-18-24(3)4)33(41)30-31(40)28-14-11-15-29(39)32(28)43-34(30)38(35(37)42,36(27,8)9)21-19-25(5)6/h11-12,14-16,18-19,27,39H,10,13,17,20-22H2,1-9H3/b26-16+/t27-,37+,38+/m0/s1. The largest absolute Gasteiger partial charge is 0.504 e. The number of carbonyl (C=O) groups excluding carboxylic acids is 2. The van der Waals surface area contributed by atoms with Gasteiger partial charge < -0.3 is 9.52 Å². The van der Waals surface area contributed by atoms with E-state index in [1.54, 1.807) is 12.1 Å². The summed E-state index contributed by atoms with van der Waals surface area (Å²) in [6, 6.07) is 4.61. The van der Waals surface area contributed by atoms with Gasteiger partial charge in [-0.15, -0.1) is 0 Å². The molecule has 230 valence electrons. The number of aromatic hydroxyl groups is 1. The monoisotopic (exact) mass is 584 g/mol. The van der Waals surface area contributed by atoms with Crippen LogP contribution in [0.25, 0.3) is 11.0 Å². The Balaban J connectivity index is 2.05. The molecule has 0 amide bonds. The molecule has 0 radical (unpaired) electrons. The van der Waals surface area contributed by atoms with E-state index < -0.39 is 27.5 Å². The average molecular weight is 585 g/mol. The summed E-state index contributed by atoms with van der Waals surface area (Å²) in [6.07, 6.45) is 12.1. The summed E-state index contributed by atoms with van der Waals surface area (Å²) in [5.74, 6) is -0.721. The zero-order valence-corrected chi connectivity index (χ0v) is 27.4. The fourth-order valence-corrected chi connectivity index (χ4v) is 7.22. The van der Waals surface area contributed by atoms with Crippen LogP contribution in [-0.4, -0.2) is 16.7 Å². The van der Waals surface area contributed by atoms with E-state index in [0.29, 0.717) is 19.3 Å². The van der Waals surface area contributed by atoms with E-state index in [4.69, 9.17) is 4.42 Å². The smallest absolute Gasteiger partial charge is 0.204 e. The van der Waals surface area contributed by atoms with Crippen molar-refractivity contribution in [1.82, 2.24) is 0 Å². The molecule has 2 aliphatic rings. The highest BCUT2D eigenvalue weighted by Crippen LogP contribution is 2.65. The maximum absolute atomic E-state index is 15.2. The molecule has 5 nitrogen and oxygen atoms in total. The number of hydrogen-bond donors (Lipinski definition) is 1. The summed E-state index contributed by atoms with van der Waals surface area (Å²) in [6.45, 7) is 18.5. The van der Waals surface area contributed by atoms with Crippen LogP contribution >= 0.6 is 0 Å². The van der Waals surface area contributed by atoms with E-state index >= 15 is 4.79 Å². The zero-order chi connectivity index (χ0) is 31.9. The number of allylic oxidation sites excluding steroid dienone is 8. The Morgan fingerprint density at radius 2 is 1.53 bits per heavy atom. The van der Waals surface area contributed by atoms with Crippen LogP contribution in [0.15, 0.2) is 74.0 Å². The average Bonchev–Trinajstić information content (AvgIpc) is 2.91. The summed E-state index contributed by atoms with van der Waals surface area (Å²) in [5.41, 5.74) is 0.830. The Hall–Kier alpha value is -3.47. The first-order valence-electron chi connectivity index (χ1n) is 15.5. The SMILES string of the molecule is CC(C)=CCC/C(C)=C/C[C@H]1C[C@]2(CC=C(C)C)C(=O)c3c(oc4c(O)cccc4c3=O)[C@](CC=C(C)C)(C2=O)C1(C)C. The molecule has 3 atom stereocenters. The lowest BCUT2D eigenvalue weighted by atomic mass is 9.40. The highest BCUT2D eigenvalue weighted by atomic mass is 16.4. The van der Waals surface area contributed by atoms with Crippen LogP contribution in [0.3, 0.4) is 0 Å². The number of phenols is 1. The van der Waals surface area contributed by atoms with Crippen molar-refractivity contribution < 1.29 is 19.1 Å². The van der Waals surface area contributed by atoms with Crippen molar-refractivity contribution in [2.75, 3.05) is 0 Å². The molecule has 5 heteroatoms. The summed E-state index contributed by atoms with van der Waals surface area (Å²) in [7, 11) is 0. The Bertz CT molecular complexity index is 1630. The van der Waals surface area contributed by atoms with E-state index in [0.717, 1.165) is 24.0 Å². The number of ketones is 2. The third-order valence-corrected chi connectivity index (χ3v) is 10.0. The summed E-state index contributed by atoms with van der Waals surface area (Å²) < 4.78 is 6.46. The maximum Gasteiger partial charge on any atom is 0.204 e. The molecule has 0 unspecified atom stereocenters. The second-order valence-corrected chi connectivity index (χ2v) is 14.1. The van der Waals surface area contributed by atoms with Gasteiger partial charge in [-0.05, 0) is 110 Å². The fourth-order valence-electron chi connectivity index (χ4n) is 7.22. The topological polar surface area (TPSA) is 84.6 Å². The predicted octanol–water partition coefficient (Wildman–Crippen LogP) is 9.33. The van der Waals surface area contributed by atoms with Crippen molar-refractivity contribution >= 4 is 22.5 Å². The lowest BCUT2D eigenvalue weighted by molar-refractivity contribution is -0.151. The second kappa shape index (κ2) is 11.9. The molecule has 0 saturated heterocycles. The van der Waals surface area contributed by atoms with E-state index in [2.05, 4.69) is 46.8 Å². The van der Waals surface area contributed by atoms with Crippen LogP contribution in [0, 0.1) is 16.7 Å². The minimum absolute atomic E-state index is 0.0214. The Morgan fingerprint density at radius 3 is 2.16 bits per heavy atom. The van der Waals surface area contributed by atoms with Gasteiger partial charge >= 0.3 is 0 Å². The molecular formula is C38H48O5. The number of rotatable bonds is 9. The minimum atomic E-state index is -1.37. The lowest BCUT2D eigenvalue weighted by Crippen LogP contribution is -2.68. The van der Waals surface area contributed by atoms with Gasteiger partial charge in [0.2, 0.25) is 5.43 Å². The van der Waals surface area contributed by atoms with E-state index in [9.17, 15) is 14.7 Å². The van der Waals surface area contributed by atoms with Crippen molar-refractivity contribution in [2.24, 2.45) is 16.7 Å². The third-order valence-electron chi connectivity index (χ3n) is 10.0. The maximum atomic E-state index is 15.2. The first-order valence-corrected chi connectivity index (χ1v) is 15.5. The highest BCUT2D eigenvalue weighted by Gasteiger charge is 2.72. The van der Waals surface area contributed by atoms with Crippen molar-refractivity contribution in [3.63, 3.8) is 0 Å². The van der Waals surface area contributed by atoms with Crippen LogP contribution in [0.1, 0.15) is 117 Å². The van der Waals surface area contributed by atoms with Gasteiger partial charge in [0.1, 0.15) is 11.3 Å². The normalized spacial score (nSPS) is 24.4. The highest BCUT2D eigenvalue weighted by molar-refractivity contribution is 6.23. The molecule has 1 N–H and O–H groups in total. The van der Waals surface area contributed by atoms with E-state index in [1.165, 1.54) is 17.2 Å². The van der Waals surface area contributed by atoms with Gasteiger partial charge in [-0.25, -0.2) is 0 Å². The van der Waals surface area contributed by atoms with Gasteiger partial charge in [-0.1, -0.05) is 66.5 Å². The quantitative estimate of drug-likeness (QED) is 0.234. The lowest BCUT2D eigenvalue weighted by Gasteiger charge is -2.60. The van der Waals surface area contributed by atoms with Gasteiger partial charge in [0.05, 0.1) is 16.2 Å². The Morgan fingerprint density at radius 1 is 0.907 bits per heavy atom. The minimum Gasteiger partial charge on any atom is -0.504 e. The van der Waals surface area contributed by atoms with Crippen LogP contribution in [0.5, 0.6) is 5.75 Å². The molecule has 1 fully saturated rings. The number of hydrogen-bond acceptors (Lipinski definition) is 5. The number of Topliss-reactive ketones (excluding diaryl/α,β-unsaturated/α-hetero) is 2. The van der Waals surface area contributed by atoms with Crippen molar-refractivity contribution in [3.8, 4) is 5.75 Å². The molecular weight excluding hydrogens is 536 g/mol. The molecule has 2 bridgehead atoms. The van der Waals surface area contributed by atoms with Gasteiger partial charge in [0, 0.05) is 0 Å². The second-order valence-electron chi connectivity index (χ2n) is 14.1. The Labute approximate surface area is 256 Å². The zero-order valence-electron chi connectivity index (χ0n) is 27.4.